The third-order valence-corrected chi connectivity index (χ3v) is 4.99. The molecule has 3 aromatic rings. The Morgan fingerprint density at radius 1 is 1.14 bits per heavy atom. The van der Waals surface area contributed by atoms with Gasteiger partial charge in [0, 0.05) is 17.3 Å². The molecule has 0 atom stereocenters. The molecule has 138 valence electrons. The minimum atomic E-state index is 0.0166. The van der Waals surface area contributed by atoms with Gasteiger partial charge in [0.15, 0.2) is 5.82 Å². The number of carbonyl (C=O) groups is 1. The van der Waals surface area contributed by atoms with Crippen LogP contribution in [-0.4, -0.2) is 15.9 Å². The maximum absolute atomic E-state index is 12.6. The monoisotopic (exact) mass is 368 g/mol. The smallest absolute Gasteiger partial charge is 0.233 e. The number of nitriles is 1. The quantitative estimate of drug-likeness (QED) is 0.691. The van der Waals surface area contributed by atoms with E-state index in [1.807, 2.05) is 30.3 Å². The number of rotatable bonds is 4. The fraction of sp³-hybridized carbons (Fsp3) is 0.217. The normalized spacial score (nSPS) is 12.9. The molecule has 1 aliphatic rings. The summed E-state index contributed by atoms with van der Waals surface area (Å²) in [4.78, 5) is 23.6. The molecule has 0 saturated carbocycles. The maximum atomic E-state index is 12.6. The van der Waals surface area contributed by atoms with Crippen LogP contribution in [0.1, 0.15) is 42.0 Å². The average Bonchev–Trinajstić information content (AvgIpc) is 3.03. The van der Waals surface area contributed by atoms with E-state index in [0.29, 0.717) is 36.1 Å². The highest BCUT2D eigenvalue weighted by Crippen LogP contribution is 2.32. The lowest BCUT2D eigenvalue weighted by molar-refractivity contribution is -0.117. The summed E-state index contributed by atoms with van der Waals surface area (Å²) in [6, 6.07) is 17.5. The van der Waals surface area contributed by atoms with Crippen LogP contribution < -0.4 is 4.90 Å². The van der Waals surface area contributed by atoms with Gasteiger partial charge in [-0.15, -0.1) is 0 Å². The second-order valence-electron chi connectivity index (χ2n) is 7.25. The second kappa shape index (κ2) is 7.24. The fourth-order valence-electron chi connectivity index (χ4n) is 3.50. The summed E-state index contributed by atoms with van der Waals surface area (Å²) < 4.78 is 0. The van der Waals surface area contributed by atoms with E-state index in [1.165, 1.54) is 5.56 Å². The van der Waals surface area contributed by atoms with Crippen molar-refractivity contribution in [2.45, 2.75) is 32.7 Å². The Bertz CT molecular complexity index is 1080. The van der Waals surface area contributed by atoms with E-state index in [4.69, 9.17) is 10.2 Å². The predicted molar refractivity (Wildman–Crippen MR) is 108 cm³/mol. The minimum Gasteiger partial charge on any atom is -0.292 e. The topological polar surface area (TPSA) is 69.9 Å². The predicted octanol–water partition coefficient (Wildman–Crippen LogP) is 4.23. The third-order valence-electron chi connectivity index (χ3n) is 4.99. The average molecular weight is 368 g/mol. The van der Waals surface area contributed by atoms with Crippen LogP contribution in [0.4, 0.5) is 5.82 Å². The highest BCUT2D eigenvalue weighted by molar-refractivity contribution is 6.00. The molecular formula is C23H20N4O. The van der Waals surface area contributed by atoms with Crippen molar-refractivity contribution in [3.63, 3.8) is 0 Å². The van der Waals surface area contributed by atoms with E-state index >= 15 is 0 Å². The first kappa shape index (κ1) is 17.9. The molecule has 5 heteroatoms. The van der Waals surface area contributed by atoms with Gasteiger partial charge in [-0.05, 0) is 29.2 Å². The molecule has 4 rings (SSSR count). The van der Waals surface area contributed by atoms with Gasteiger partial charge in [0.25, 0.3) is 0 Å². The molecule has 0 fully saturated rings. The zero-order chi connectivity index (χ0) is 19.7. The molecule has 0 radical (unpaired) electrons. The fourth-order valence-corrected chi connectivity index (χ4v) is 3.50. The summed E-state index contributed by atoms with van der Waals surface area (Å²) in [5.41, 5.74) is 4.60. The molecular weight excluding hydrogens is 348 g/mol. The molecule has 0 bridgehead atoms. The van der Waals surface area contributed by atoms with Gasteiger partial charge < -0.3 is 0 Å². The minimum absolute atomic E-state index is 0.0166. The largest absolute Gasteiger partial charge is 0.292 e. The third kappa shape index (κ3) is 3.25. The van der Waals surface area contributed by atoms with E-state index in [1.54, 1.807) is 23.2 Å². The van der Waals surface area contributed by atoms with E-state index in [2.05, 4.69) is 31.0 Å². The van der Waals surface area contributed by atoms with Gasteiger partial charge in [0.1, 0.15) is 5.82 Å². The zero-order valence-electron chi connectivity index (χ0n) is 15.9. The lowest BCUT2D eigenvalue weighted by Crippen LogP contribution is -2.26. The highest BCUT2D eigenvalue weighted by atomic mass is 16.2. The number of anilines is 1. The summed E-state index contributed by atoms with van der Waals surface area (Å²) in [5, 5.41) is 8.95. The molecule has 0 unspecified atom stereocenters. The van der Waals surface area contributed by atoms with Gasteiger partial charge in [0.05, 0.1) is 24.6 Å². The van der Waals surface area contributed by atoms with Crippen LogP contribution in [-0.2, 0) is 17.8 Å². The van der Waals surface area contributed by atoms with E-state index in [-0.39, 0.29) is 5.91 Å². The van der Waals surface area contributed by atoms with Crippen LogP contribution in [0, 0.1) is 11.3 Å². The van der Waals surface area contributed by atoms with Gasteiger partial charge in [-0.2, -0.15) is 5.26 Å². The van der Waals surface area contributed by atoms with Crippen molar-refractivity contribution in [2.75, 3.05) is 4.90 Å². The number of aromatic nitrogens is 2. The second-order valence-corrected chi connectivity index (χ2v) is 7.25. The number of hydrogen-bond acceptors (Lipinski definition) is 4. The van der Waals surface area contributed by atoms with Crippen LogP contribution >= 0.6 is 0 Å². The van der Waals surface area contributed by atoms with Crippen molar-refractivity contribution < 1.29 is 4.79 Å². The lowest BCUT2D eigenvalue weighted by Gasteiger charge is -2.18. The molecule has 28 heavy (non-hydrogen) atoms. The van der Waals surface area contributed by atoms with Gasteiger partial charge in [-0.1, -0.05) is 50.2 Å². The van der Waals surface area contributed by atoms with E-state index in [9.17, 15) is 4.79 Å². The molecule has 2 heterocycles. The van der Waals surface area contributed by atoms with Crippen molar-refractivity contribution in [3.8, 4) is 17.5 Å². The first-order chi connectivity index (χ1) is 13.6. The van der Waals surface area contributed by atoms with Gasteiger partial charge in [0.2, 0.25) is 5.91 Å². The maximum Gasteiger partial charge on any atom is 0.233 e. The summed E-state index contributed by atoms with van der Waals surface area (Å²) in [5.74, 6) is 1.69. The van der Waals surface area contributed by atoms with Crippen LogP contribution in [0.2, 0.25) is 0 Å². The summed E-state index contributed by atoms with van der Waals surface area (Å²) >= 11 is 0. The SMILES string of the molecule is CC(C)c1ccccc1-c1ncc2c(n1)N(Cc1ccc(C#N)cc1)C(=O)C2. The van der Waals surface area contributed by atoms with Gasteiger partial charge in [-0.3, -0.25) is 9.69 Å². The summed E-state index contributed by atoms with van der Waals surface area (Å²) in [7, 11) is 0. The number of nitrogens with zero attached hydrogens (tertiary/aromatic N) is 4. The Kier molecular flexibility index (Phi) is 4.62. The van der Waals surface area contributed by atoms with Crippen LogP contribution in [0.3, 0.4) is 0 Å². The Morgan fingerprint density at radius 3 is 2.61 bits per heavy atom. The van der Waals surface area contributed by atoms with Gasteiger partial charge in [-0.25, -0.2) is 9.97 Å². The Balaban J connectivity index is 1.70. The number of hydrogen-bond donors (Lipinski definition) is 0. The molecule has 2 aromatic carbocycles. The number of benzene rings is 2. The van der Waals surface area contributed by atoms with Gasteiger partial charge >= 0.3 is 0 Å². The summed E-state index contributed by atoms with van der Waals surface area (Å²) in [6.07, 6.45) is 2.09. The Hall–Kier alpha value is -3.52. The zero-order valence-corrected chi connectivity index (χ0v) is 15.9. The number of amides is 1. The lowest BCUT2D eigenvalue weighted by atomic mass is 9.97. The molecule has 0 aliphatic carbocycles. The number of fused-ring (bicyclic) bond motifs is 1. The van der Waals surface area contributed by atoms with Crippen molar-refractivity contribution in [1.29, 1.82) is 5.26 Å². The molecule has 5 nitrogen and oxygen atoms in total. The van der Waals surface area contributed by atoms with Crippen molar-refractivity contribution in [2.24, 2.45) is 0 Å². The molecule has 1 amide bonds. The van der Waals surface area contributed by atoms with Crippen LogP contribution in [0.15, 0.2) is 54.7 Å². The Labute approximate surface area is 164 Å². The van der Waals surface area contributed by atoms with Crippen LogP contribution in [0.25, 0.3) is 11.4 Å². The van der Waals surface area contributed by atoms with E-state index < -0.39 is 0 Å². The first-order valence-corrected chi connectivity index (χ1v) is 9.31. The highest BCUT2D eigenvalue weighted by Gasteiger charge is 2.30. The van der Waals surface area contributed by atoms with E-state index in [0.717, 1.165) is 16.7 Å². The van der Waals surface area contributed by atoms with Crippen molar-refractivity contribution >= 4 is 11.7 Å². The van der Waals surface area contributed by atoms with Crippen LogP contribution in [0.5, 0.6) is 0 Å². The number of carbonyl (C=O) groups excluding carboxylic acids is 1. The molecule has 1 aliphatic heterocycles. The molecule has 0 N–H and O–H groups in total. The first-order valence-electron chi connectivity index (χ1n) is 9.31. The molecule has 0 saturated heterocycles. The molecule has 0 spiro atoms. The van der Waals surface area contributed by atoms with Crippen molar-refractivity contribution in [1.82, 2.24) is 9.97 Å². The summed E-state index contributed by atoms with van der Waals surface area (Å²) in [6.45, 7) is 4.72. The standard InChI is InChI=1S/C23H20N4O/c1-15(2)19-5-3-4-6-20(19)22-25-13-18-11-21(28)27(23(18)26-22)14-17-9-7-16(12-24)8-10-17/h3-10,13,15H,11,14H2,1-2H3. The molecule has 1 aromatic heterocycles. The Morgan fingerprint density at radius 2 is 1.89 bits per heavy atom. The van der Waals surface area contributed by atoms with Crippen molar-refractivity contribution in [3.05, 3.63) is 77.0 Å².